The molecule has 2 amide bonds. The van der Waals surface area contributed by atoms with Crippen molar-refractivity contribution < 1.29 is 9.59 Å². The number of benzene rings is 2. The van der Waals surface area contributed by atoms with Gasteiger partial charge in [0.2, 0.25) is 5.91 Å². The number of aryl methyl sites for hydroxylation is 1. The first-order valence-corrected chi connectivity index (χ1v) is 12.0. The van der Waals surface area contributed by atoms with E-state index in [1.165, 1.54) is 10.9 Å². The highest BCUT2D eigenvalue weighted by molar-refractivity contribution is 6.02. The lowest BCUT2D eigenvalue weighted by Gasteiger charge is -2.46. The third-order valence-corrected chi connectivity index (χ3v) is 7.18. The fourth-order valence-electron chi connectivity index (χ4n) is 5.55. The maximum atomic E-state index is 13.4. The number of nitrogens with zero attached hydrogens (tertiary/aromatic N) is 4. The highest BCUT2D eigenvalue weighted by atomic mass is 16.2. The fraction of sp³-hybridized carbons (Fsp3) is 0.250. The lowest BCUT2D eigenvalue weighted by molar-refractivity contribution is -0.121. The molecule has 176 valence electrons. The Labute approximate surface area is 204 Å². The number of carbonyl (C=O) groups is 2. The van der Waals surface area contributed by atoms with Crippen molar-refractivity contribution in [2.45, 2.75) is 32.1 Å². The molecule has 2 aliphatic heterocycles. The predicted octanol–water partition coefficient (Wildman–Crippen LogP) is 3.89. The van der Waals surface area contributed by atoms with Crippen molar-refractivity contribution in [1.29, 1.82) is 0 Å². The number of pyridine rings is 1. The molecule has 2 aromatic carbocycles. The summed E-state index contributed by atoms with van der Waals surface area (Å²) in [4.78, 5) is 34.5. The van der Waals surface area contributed by atoms with Gasteiger partial charge in [0.15, 0.2) is 0 Å². The summed E-state index contributed by atoms with van der Waals surface area (Å²) in [5, 5.41) is 4.21. The Kier molecular flexibility index (Phi) is 5.25. The Balaban J connectivity index is 1.34. The number of anilines is 1. The van der Waals surface area contributed by atoms with Crippen molar-refractivity contribution in [2.24, 2.45) is 0 Å². The summed E-state index contributed by atoms with van der Waals surface area (Å²) in [5.41, 5.74) is 6.16. The summed E-state index contributed by atoms with van der Waals surface area (Å²) >= 11 is 0. The molecule has 2 aliphatic rings. The van der Waals surface area contributed by atoms with Crippen molar-refractivity contribution in [3.8, 4) is 0 Å². The van der Waals surface area contributed by atoms with Crippen LogP contribution < -0.4 is 10.2 Å². The minimum absolute atomic E-state index is 0.00790. The van der Waals surface area contributed by atoms with Crippen LogP contribution in [0.4, 0.5) is 5.69 Å². The summed E-state index contributed by atoms with van der Waals surface area (Å²) < 4.78 is 2.25. The van der Waals surface area contributed by atoms with E-state index in [2.05, 4.69) is 45.0 Å². The topological polar surface area (TPSA) is 70.5 Å². The Hall–Kier alpha value is -4.13. The monoisotopic (exact) mass is 465 g/mol. The van der Waals surface area contributed by atoms with Gasteiger partial charge in [-0.05, 0) is 41.8 Å². The molecule has 0 aliphatic carbocycles. The first-order chi connectivity index (χ1) is 17.1. The molecule has 0 saturated heterocycles. The van der Waals surface area contributed by atoms with Crippen LogP contribution >= 0.6 is 0 Å². The first kappa shape index (κ1) is 21.4. The first-order valence-electron chi connectivity index (χ1n) is 12.0. The SMILES string of the molecule is CN1c2ccccc2C(=O)N2CCc3c(n(CCC(=O)NCc4cccnc4)c4ccccc34)[C@@H]21. The van der Waals surface area contributed by atoms with E-state index in [4.69, 9.17) is 0 Å². The number of para-hydroxylation sites is 2. The zero-order valence-corrected chi connectivity index (χ0v) is 19.6. The molecule has 0 spiro atoms. The molecule has 0 radical (unpaired) electrons. The number of carbonyl (C=O) groups excluding carboxylic acids is 2. The van der Waals surface area contributed by atoms with Gasteiger partial charge in [0.1, 0.15) is 6.17 Å². The molecule has 4 aromatic rings. The predicted molar refractivity (Wildman–Crippen MR) is 135 cm³/mol. The summed E-state index contributed by atoms with van der Waals surface area (Å²) in [6.45, 7) is 1.68. The minimum Gasteiger partial charge on any atom is -0.352 e. The number of hydrogen-bond acceptors (Lipinski definition) is 4. The van der Waals surface area contributed by atoms with E-state index >= 15 is 0 Å². The van der Waals surface area contributed by atoms with Crippen molar-refractivity contribution in [1.82, 2.24) is 19.8 Å². The van der Waals surface area contributed by atoms with Crippen molar-refractivity contribution >= 4 is 28.4 Å². The molecule has 7 heteroatoms. The number of rotatable bonds is 5. The molecule has 6 rings (SSSR count). The van der Waals surface area contributed by atoms with E-state index in [9.17, 15) is 9.59 Å². The number of aromatic nitrogens is 2. The molecule has 0 bridgehead atoms. The highest BCUT2D eigenvalue weighted by Gasteiger charge is 2.42. The third kappa shape index (κ3) is 3.55. The molecular formula is C28H27N5O2. The van der Waals surface area contributed by atoms with Crippen LogP contribution in [0, 0.1) is 0 Å². The second kappa shape index (κ2) is 8.58. The van der Waals surface area contributed by atoms with Crippen LogP contribution in [0.1, 0.15) is 39.8 Å². The largest absolute Gasteiger partial charge is 0.352 e. The number of amides is 2. The van der Waals surface area contributed by atoms with Crippen LogP contribution in [0.25, 0.3) is 10.9 Å². The molecule has 1 atom stereocenters. The van der Waals surface area contributed by atoms with Crippen molar-refractivity contribution in [3.63, 3.8) is 0 Å². The highest BCUT2D eigenvalue weighted by Crippen LogP contribution is 2.44. The van der Waals surface area contributed by atoms with Crippen LogP contribution in [0.5, 0.6) is 0 Å². The average Bonchev–Trinajstić information content (AvgIpc) is 3.23. The maximum absolute atomic E-state index is 13.4. The second-order valence-corrected chi connectivity index (χ2v) is 9.17. The van der Waals surface area contributed by atoms with Crippen LogP contribution in [0.3, 0.4) is 0 Å². The molecule has 7 nitrogen and oxygen atoms in total. The van der Waals surface area contributed by atoms with E-state index < -0.39 is 0 Å². The van der Waals surface area contributed by atoms with E-state index in [0.717, 1.165) is 34.4 Å². The molecule has 0 saturated carbocycles. The third-order valence-electron chi connectivity index (χ3n) is 7.18. The second-order valence-electron chi connectivity index (χ2n) is 9.17. The maximum Gasteiger partial charge on any atom is 0.257 e. The fourth-order valence-corrected chi connectivity index (χ4v) is 5.55. The zero-order valence-electron chi connectivity index (χ0n) is 19.6. The van der Waals surface area contributed by atoms with E-state index in [1.807, 2.05) is 47.4 Å². The standard InChI is InChI=1S/C28H27N5O2/c1-31-23-10-4-3-9-22(23)28(35)33-15-12-21-20-8-2-5-11-24(20)32(26(21)27(31)33)16-13-25(34)30-18-19-7-6-14-29-17-19/h2-11,14,17,27H,12-13,15-16,18H2,1H3,(H,30,34)/t27-/m1/s1. The van der Waals surface area contributed by atoms with Crippen LogP contribution in [0.2, 0.25) is 0 Å². The van der Waals surface area contributed by atoms with E-state index in [-0.39, 0.29) is 18.0 Å². The Morgan fingerprint density at radius 3 is 2.77 bits per heavy atom. The Bertz CT molecular complexity index is 1430. The van der Waals surface area contributed by atoms with Gasteiger partial charge in [-0.25, -0.2) is 0 Å². The minimum atomic E-state index is -0.202. The molecule has 35 heavy (non-hydrogen) atoms. The summed E-state index contributed by atoms with van der Waals surface area (Å²) in [7, 11) is 2.06. The average molecular weight is 466 g/mol. The van der Waals surface area contributed by atoms with Crippen LogP contribution in [0.15, 0.2) is 73.1 Å². The molecule has 1 N–H and O–H groups in total. The lowest BCUT2D eigenvalue weighted by Crippen LogP contribution is -2.51. The van der Waals surface area contributed by atoms with Gasteiger partial charge in [0.25, 0.3) is 5.91 Å². The van der Waals surface area contributed by atoms with Gasteiger partial charge in [-0.2, -0.15) is 0 Å². The summed E-state index contributed by atoms with van der Waals surface area (Å²) in [6.07, 6.45) is 4.44. The van der Waals surface area contributed by atoms with Gasteiger partial charge in [-0.1, -0.05) is 36.4 Å². The normalized spacial score (nSPS) is 16.6. The smallest absolute Gasteiger partial charge is 0.257 e. The van der Waals surface area contributed by atoms with Gasteiger partial charge in [-0.3, -0.25) is 14.6 Å². The van der Waals surface area contributed by atoms with Crippen LogP contribution in [-0.4, -0.2) is 39.9 Å². The molecule has 2 aromatic heterocycles. The van der Waals surface area contributed by atoms with Gasteiger partial charge < -0.3 is 19.7 Å². The van der Waals surface area contributed by atoms with E-state index in [0.29, 0.717) is 26.1 Å². The van der Waals surface area contributed by atoms with Crippen molar-refractivity contribution in [2.75, 3.05) is 18.5 Å². The van der Waals surface area contributed by atoms with Crippen LogP contribution in [-0.2, 0) is 24.3 Å². The van der Waals surface area contributed by atoms with E-state index in [1.54, 1.807) is 12.4 Å². The lowest BCUT2D eigenvalue weighted by atomic mass is 9.96. The number of fused-ring (bicyclic) bond motifs is 6. The Morgan fingerprint density at radius 1 is 1.09 bits per heavy atom. The van der Waals surface area contributed by atoms with Gasteiger partial charge in [0, 0.05) is 56.4 Å². The number of nitrogens with one attached hydrogen (secondary N) is 1. The van der Waals surface area contributed by atoms with Crippen molar-refractivity contribution in [3.05, 3.63) is 95.4 Å². The van der Waals surface area contributed by atoms with Gasteiger partial charge in [0.05, 0.1) is 16.9 Å². The summed E-state index contributed by atoms with van der Waals surface area (Å²) in [5.74, 6) is 0.0619. The molecule has 0 fully saturated rings. The van der Waals surface area contributed by atoms with Gasteiger partial charge in [-0.15, -0.1) is 0 Å². The van der Waals surface area contributed by atoms with Gasteiger partial charge >= 0.3 is 0 Å². The quantitative estimate of drug-likeness (QED) is 0.486. The molecule has 4 heterocycles. The summed E-state index contributed by atoms with van der Waals surface area (Å²) in [6, 6.07) is 20.0. The Morgan fingerprint density at radius 2 is 1.91 bits per heavy atom. The molecular weight excluding hydrogens is 438 g/mol. The number of hydrogen-bond donors (Lipinski definition) is 1. The zero-order chi connectivity index (χ0) is 23.9. The molecule has 0 unspecified atom stereocenters.